The Kier molecular flexibility index (Phi) is 6.00. The molecule has 2 saturated heterocycles. The number of methoxy groups -OCH3 is 1. The molecule has 128 valence electrons. The van der Waals surface area contributed by atoms with E-state index in [9.17, 15) is 4.79 Å². The first-order valence-electron chi connectivity index (χ1n) is 7.74. The Morgan fingerprint density at radius 1 is 1.39 bits per heavy atom. The standard InChI is InChI=1S/C16H22ClN3O2.ClH/c1-22-15-8-13(18)12(17)7-11(15)16(21)19-14-4-6-20-5-2-3-10(14)9-20;/h7-8,10,14H,2-6,9,18H2,1H3,(H,19,21);1H. The van der Waals surface area contributed by atoms with Crippen LogP contribution in [0.25, 0.3) is 0 Å². The molecule has 0 radical (unpaired) electrons. The van der Waals surface area contributed by atoms with Crippen molar-refractivity contribution in [3.05, 3.63) is 22.7 Å². The van der Waals surface area contributed by atoms with Crippen molar-refractivity contribution in [1.29, 1.82) is 0 Å². The fourth-order valence-corrected chi connectivity index (χ4v) is 3.70. The summed E-state index contributed by atoms with van der Waals surface area (Å²) < 4.78 is 5.27. The number of nitrogens with one attached hydrogen (secondary N) is 1. The zero-order chi connectivity index (χ0) is 15.7. The molecular weight excluding hydrogens is 337 g/mol. The average molecular weight is 360 g/mol. The number of carbonyl (C=O) groups excluding carboxylic acids is 1. The van der Waals surface area contributed by atoms with E-state index in [-0.39, 0.29) is 24.4 Å². The summed E-state index contributed by atoms with van der Waals surface area (Å²) >= 11 is 6.05. The maximum absolute atomic E-state index is 12.6. The molecule has 0 aromatic heterocycles. The van der Waals surface area contributed by atoms with Crippen LogP contribution in [-0.4, -0.2) is 43.6 Å². The minimum atomic E-state index is -0.136. The summed E-state index contributed by atoms with van der Waals surface area (Å²) in [6.45, 7) is 3.34. The first-order chi connectivity index (χ1) is 10.6. The van der Waals surface area contributed by atoms with Gasteiger partial charge in [-0.3, -0.25) is 4.79 Å². The Hall–Kier alpha value is -1.17. The molecule has 23 heavy (non-hydrogen) atoms. The number of fused-ring (bicyclic) bond motifs is 2. The number of nitrogens with zero attached hydrogens (tertiary/aromatic N) is 1. The molecule has 7 heteroatoms. The van der Waals surface area contributed by atoms with Gasteiger partial charge in [0.25, 0.3) is 5.91 Å². The average Bonchev–Trinajstić information content (AvgIpc) is 2.52. The molecule has 0 spiro atoms. The van der Waals surface area contributed by atoms with Crippen molar-refractivity contribution < 1.29 is 9.53 Å². The second-order valence-electron chi connectivity index (χ2n) is 6.15. The molecule has 2 heterocycles. The molecule has 5 nitrogen and oxygen atoms in total. The van der Waals surface area contributed by atoms with E-state index in [1.54, 1.807) is 12.1 Å². The van der Waals surface area contributed by atoms with Gasteiger partial charge in [-0.25, -0.2) is 0 Å². The highest BCUT2D eigenvalue weighted by Crippen LogP contribution is 2.30. The van der Waals surface area contributed by atoms with Crippen molar-refractivity contribution in [2.24, 2.45) is 5.92 Å². The molecule has 3 unspecified atom stereocenters. The number of hydrogen-bond acceptors (Lipinski definition) is 4. The van der Waals surface area contributed by atoms with Crippen molar-refractivity contribution in [3.8, 4) is 5.75 Å². The summed E-state index contributed by atoms with van der Waals surface area (Å²) in [5.41, 5.74) is 6.62. The van der Waals surface area contributed by atoms with Crippen LogP contribution < -0.4 is 15.8 Å². The van der Waals surface area contributed by atoms with E-state index >= 15 is 0 Å². The van der Waals surface area contributed by atoms with Crippen molar-refractivity contribution in [3.63, 3.8) is 0 Å². The van der Waals surface area contributed by atoms with Crippen LogP contribution in [0.2, 0.25) is 5.02 Å². The van der Waals surface area contributed by atoms with E-state index in [0.29, 0.717) is 27.9 Å². The van der Waals surface area contributed by atoms with Crippen LogP contribution in [0.1, 0.15) is 29.6 Å². The first kappa shape index (κ1) is 18.2. The van der Waals surface area contributed by atoms with Gasteiger partial charge in [-0.2, -0.15) is 0 Å². The summed E-state index contributed by atoms with van der Waals surface area (Å²) in [6.07, 6.45) is 3.40. The van der Waals surface area contributed by atoms with Crippen molar-refractivity contribution >= 4 is 35.6 Å². The number of ether oxygens (including phenoxy) is 1. The van der Waals surface area contributed by atoms with Gasteiger partial charge in [-0.15, -0.1) is 12.4 Å². The molecule has 0 saturated carbocycles. The number of carbonyl (C=O) groups is 1. The van der Waals surface area contributed by atoms with Gasteiger partial charge in [0.15, 0.2) is 0 Å². The molecule has 2 fully saturated rings. The molecule has 2 aliphatic heterocycles. The van der Waals surface area contributed by atoms with E-state index in [0.717, 1.165) is 19.5 Å². The van der Waals surface area contributed by atoms with Gasteiger partial charge in [0, 0.05) is 25.2 Å². The minimum absolute atomic E-state index is 0. The third-order valence-electron chi connectivity index (χ3n) is 4.75. The monoisotopic (exact) mass is 359 g/mol. The van der Waals surface area contributed by atoms with Gasteiger partial charge in [0.1, 0.15) is 5.75 Å². The molecular formula is C16H23Cl2N3O2. The number of amides is 1. The molecule has 3 atom stereocenters. The predicted molar refractivity (Wildman–Crippen MR) is 94.7 cm³/mol. The lowest BCUT2D eigenvalue weighted by Gasteiger charge is -2.42. The number of piperidine rings is 2. The molecule has 2 bridgehead atoms. The Bertz CT molecular complexity index is 583. The summed E-state index contributed by atoms with van der Waals surface area (Å²) in [5, 5.41) is 3.54. The van der Waals surface area contributed by atoms with Gasteiger partial charge in [0.2, 0.25) is 0 Å². The van der Waals surface area contributed by atoms with E-state index < -0.39 is 0 Å². The number of anilines is 1. The summed E-state index contributed by atoms with van der Waals surface area (Å²) in [6, 6.07) is 3.41. The number of rotatable bonds is 3. The Balaban J connectivity index is 0.00000192. The Labute approximate surface area is 147 Å². The van der Waals surface area contributed by atoms with E-state index in [1.165, 1.54) is 26.5 Å². The first-order valence-corrected chi connectivity index (χ1v) is 8.12. The van der Waals surface area contributed by atoms with Crippen molar-refractivity contribution in [1.82, 2.24) is 10.2 Å². The largest absolute Gasteiger partial charge is 0.496 e. The molecule has 1 aromatic rings. The van der Waals surface area contributed by atoms with Crippen LogP contribution in [0.15, 0.2) is 12.1 Å². The Morgan fingerprint density at radius 3 is 2.91 bits per heavy atom. The van der Waals surface area contributed by atoms with Crippen LogP contribution >= 0.6 is 24.0 Å². The van der Waals surface area contributed by atoms with E-state index in [2.05, 4.69) is 10.2 Å². The molecule has 0 aliphatic carbocycles. The third-order valence-corrected chi connectivity index (χ3v) is 5.07. The van der Waals surface area contributed by atoms with Gasteiger partial charge < -0.3 is 20.7 Å². The molecule has 1 aromatic carbocycles. The highest BCUT2D eigenvalue weighted by molar-refractivity contribution is 6.33. The second kappa shape index (κ2) is 7.60. The molecule has 3 rings (SSSR count). The van der Waals surface area contributed by atoms with Crippen molar-refractivity contribution in [2.45, 2.75) is 25.3 Å². The number of halogens is 2. The summed E-state index contributed by atoms with van der Waals surface area (Å²) in [7, 11) is 1.53. The highest BCUT2D eigenvalue weighted by atomic mass is 35.5. The van der Waals surface area contributed by atoms with Crippen LogP contribution in [-0.2, 0) is 0 Å². The minimum Gasteiger partial charge on any atom is -0.496 e. The second-order valence-corrected chi connectivity index (χ2v) is 6.55. The fraction of sp³-hybridized carbons (Fsp3) is 0.562. The zero-order valence-corrected chi connectivity index (χ0v) is 14.8. The smallest absolute Gasteiger partial charge is 0.255 e. The fourth-order valence-electron chi connectivity index (χ4n) is 3.53. The molecule has 3 N–H and O–H groups in total. The maximum atomic E-state index is 12.6. The third kappa shape index (κ3) is 3.84. The maximum Gasteiger partial charge on any atom is 0.255 e. The Morgan fingerprint density at radius 2 is 2.17 bits per heavy atom. The zero-order valence-electron chi connectivity index (χ0n) is 13.2. The van der Waals surface area contributed by atoms with E-state index in [4.69, 9.17) is 22.1 Å². The lowest BCUT2D eigenvalue weighted by atomic mass is 9.85. The normalized spacial score (nSPS) is 26.1. The lowest BCUT2D eigenvalue weighted by molar-refractivity contribution is 0.0737. The number of nitrogens with two attached hydrogens (primary N) is 1. The highest BCUT2D eigenvalue weighted by Gasteiger charge is 2.33. The van der Waals surface area contributed by atoms with Crippen LogP contribution in [0, 0.1) is 5.92 Å². The molecule has 1 amide bonds. The summed E-state index contributed by atoms with van der Waals surface area (Å²) in [5.74, 6) is 0.866. The van der Waals surface area contributed by atoms with Gasteiger partial charge >= 0.3 is 0 Å². The van der Waals surface area contributed by atoms with Crippen molar-refractivity contribution in [2.75, 3.05) is 32.5 Å². The van der Waals surface area contributed by atoms with Crippen LogP contribution in [0.3, 0.4) is 0 Å². The van der Waals surface area contributed by atoms with Gasteiger partial charge in [-0.05, 0) is 37.8 Å². The number of hydrogen-bond donors (Lipinski definition) is 2. The van der Waals surface area contributed by atoms with Crippen LogP contribution in [0.5, 0.6) is 5.75 Å². The predicted octanol–water partition coefficient (Wildman–Crippen LogP) is 2.57. The molecule has 2 aliphatic rings. The summed E-state index contributed by atoms with van der Waals surface area (Å²) in [4.78, 5) is 15.1. The SMILES string of the molecule is COc1cc(N)c(Cl)cc1C(=O)NC1CCN2CCCC1C2.Cl. The number of nitrogen functional groups attached to an aromatic ring is 1. The quantitative estimate of drug-likeness (QED) is 0.813. The van der Waals surface area contributed by atoms with Crippen LogP contribution in [0.4, 0.5) is 5.69 Å². The van der Waals surface area contributed by atoms with Gasteiger partial charge in [0.05, 0.1) is 23.4 Å². The van der Waals surface area contributed by atoms with Gasteiger partial charge in [-0.1, -0.05) is 11.6 Å². The van der Waals surface area contributed by atoms with E-state index in [1.807, 2.05) is 0 Å². The lowest BCUT2D eigenvalue weighted by Crippen LogP contribution is -2.53. The number of benzene rings is 1. The topological polar surface area (TPSA) is 67.6 Å².